The average Bonchev–Trinajstić information content (AvgIpc) is 3.12. The number of amides is 2. The number of carbonyl (C=O) groups excluding carboxylic acids is 2. The van der Waals surface area contributed by atoms with Crippen LogP contribution >= 0.6 is 0 Å². The van der Waals surface area contributed by atoms with Gasteiger partial charge in [-0.25, -0.2) is 9.59 Å². The molecule has 0 heterocycles. The number of alkyl carbamates (subject to hydrolysis) is 1. The number of fused-ring (bicyclic) bond motifs is 3. The number of hydrogen-bond acceptors (Lipinski definition) is 4. The second-order valence-electron chi connectivity index (χ2n) is 8.22. The summed E-state index contributed by atoms with van der Waals surface area (Å²) in [6, 6.07) is 15.5. The van der Waals surface area contributed by atoms with E-state index in [4.69, 9.17) is 9.84 Å². The highest BCUT2D eigenvalue weighted by Gasteiger charge is 2.29. The number of rotatable bonds is 10. The van der Waals surface area contributed by atoms with Crippen molar-refractivity contribution in [1.29, 1.82) is 0 Å². The standard InChI is InChI=1S/C25H30N2O5/c1-3-22(24(29)30)27-23(28)13-12-16(2)14-26-25(31)32-15-21-19-10-6-4-8-17(19)18-9-5-7-11-20(18)21/h4-11,16,21-22H,3,12-15H2,1-2H3,(H,26,31)(H,27,28)(H,29,30)/t16?,22-/m0/s1. The van der Waals surface area contributed by atoms with Crippen molar-refractivity contribution in [1.82, 2.24) is 10.6 Å². The van der Waals surface area contributed by atoms with E-state index in [1.807, 2.05) is 31.2 Å². The van der Waals surface area contributed by atoms with Crippen molar-refractivity contribution in [2.45, 2.75) is 45.1 Å². The zero-order valence-corrected chi connectivity index (χ0v) is 18.5. The van der Waals surface area contributed by atoms with Crippen molar-refractivity contribution in [2.24, 2.45) is 5.92 Å². The summed E-state index contributed by atoms with van der Waals surface area (Å²) < 4.78 is 5.51. The van der Waals surface area contributed by atoms with Gasteiger partial charge in [-0.15, -0.1) is 0 Å². The van der Waals surface area contributed by atoms with Gasteiger partial charge in [0.1, 0.15) is 12.6 Å². The molecule has 1 aliphatic rings. The fourth-order valence-electron chi connectivity index (χ4n) is 3.99. The molecule has 0 aliphatic heterocycles. The molecule has 0 fully saturated rings. The van der Waals surface area contributed by atoms with Gasteiger partial charge >= 0.3 is 12.1 Å². The second kappa shape index (κ2) is 10.8. The molecule has 0 aromatic heterocycles. The Hall–Kier alpha value is -3.35. The van der Waals surface area contributed by atoms with E-state index in [1.54, 1.807) is 6.92 Å². The fourth-order valence-corrected chi connectivity index (χ4v) is 3.99. The molecular weight excluding hydrogens is 408 g/mol. The van der Waals surface area contributed by atoms with Crippen LogP contribution in [0.15, 0.2) is 48.5 Å². The third kappa shape index (κ3) is 5.66. The van der Waals surface area contributed by atoms with Gasteiger partial charge in [0.2, 0.25) is 5.91 Å². The lowest BCUT2D eigenvalue weighted by Gasteiger charge is -2.16. The first-order valence-electron chi connectivity index (χ1n) is 11.0. The van der Waals surface area contributed by atoms with Crippen LogP contribution in [0.2, 0.25) is 0 Å². The van der Waals surface area contributed by atoms with Crippen LogP contribution in [-0.2, 0) is 14.3 Å². The number of benzene rings is 2. The average molecular weight is 439 g/mol. The molecular formula is C25H30N2O5. The molecule has 0 saturated carbocycles. The van der Waals surface area contributed by atoms with Crippen LogP contribution in [0, 0.1) is 5.92 Å². The number of ether oxygens (including phenoxy) is 1. The van der Waals surface area contributed by atoms with Gasteiger partial charge in [0.25, 0.3) is 0 Å². The zero-order chi connectivity index (χ0) is 23.1. The maximum atomic E-state index is 12.2. The molecule has 0 radical (unpaired) electrons. The predicted molar refractivity (Wildman–Crippen MR) is 121 cm³/mol. The Morgan fingerprint density at radius 3 is 2.19 bits per heavy atom. The Kier molecular flexibility index (Phi) is 7.87. The number of nitrogens with one attached hydrogen (secondary N) is 2. The molecule has 7 nitrogen and oxygen atoms in total. The predicted octanol–water partition coefficient (Wildman–Crippen LogP) is 3.92. The zero-order valence-electron chi connectivity index (χ0n) is 18.5. The van der Waals surface area contributed by atoms with E-state index < -0.39 is 18.1 Å². The summed E-state index contributed by atoms with van der Waals surface area (Å²) in [7, 11) is 0. The molecule has 2 atom stereocenters. The van der Waals surface area contributed by atoms with E-state index in [2.05, 4.69) is 34.9 Å². The molecule has 7 heteroatoms. The Labute approximate surface area is 188 Å². The van der Waals surface area contributed by atoms with Gasteiger partial charge in [-0.3, -0.25) is 4.79 Å². The minimum absolute atomic E-state index is 0.00927. The van der Waals surface area contributed by atoms with Crippen LogP contribution in [0.3, 0.4) is 0 Å². The summed E-state index contributed by atoms with van der Waals surface area (Å²) in [6.07, 6.45) is 0.586. The van der Waals surface area contributed by atoms with Gasteiger partial charge in [-0.1, -0.05) is 62.4 Å². The molecule has 0 spiro atoms. The SMILES string of the molecule is CC[C@H](NC(=O)CCC(C)CNC(=O)OCC1c2ccccc2-c2ccccc21)C(=O)O. The van der Waals surface area contributed by atoms with Crippen LogP contribution in [0.25, 0.3) is 11.1 Å². The molecule has 1 aliphatic carbocycles. The lowest BCUT2D eigenvalue weighted by atomic mass is 9.98. The van der Waals surface area contributed by atoms with Gasteiger partial charge in [-0.2, -0.15) is 0 Å². The molecule has 2 aromatic carbocycles. The van der Waals surface area contributed by atoms with Crippen molar-refractivity contribution in [3.05, 3.63) is 59.7 Å². The van der Waals surface area contributed by atoms with Crippen molar-refractivity contribution in [3.8, 4) is 11.1 Å². The van der Waals surface area contributed by atoms with Gasteiger partial charge < -0.3 is 20.5 Å². The summed E-state index contributed by atoms with van der Waals surface area (Å²) in [5.74, 6) is -1.28. The lowest BCUT2D eigenvalue weighted by molar-refractivity contribution is -0.141. The van der Waals surface area contributed by atoms with E-state index in [-0.39, 0.29) is 30.8 Å². The van der Waals surface area contributed by atoms with Gasteiger partial charge in [0.05, 0.1) is 0 Å². The summed E-state index contributed by atoms with van der Waals surface area (Å²) in [4.78, 5) is 35.2. The molecule has 0 bridgehead atoms. The van der Waals surface area contributed by atoms with E-state index in [0.29, 0.717) is 19.4 Å². The normalized spacial score (nSPS) is 14.1. The number of hydrogen-bond donors (Lipinski definition) is 3. The molecule has 170 valence electrons. The number of carbonyl (C=O) groups is 3. The van der Waals surface area contributed by atoms with Crippen LogP contribution in [0.1, 0.15) is 50.2 Å². The van der Waals surface area contributed by atoms with Crippen molar-refractivity contribution >= 4 is 18.0 Å². The fraction of sp³-hybridized carbons (Fsp3) is 0.400. The van der Waals surface area contributed by atoms with Crippen LogP contribution in [-0.4, -0.2) is 42.3 Å². The minimum atomic E-state index is -1.04. The number of aliphatic carboxylic acids is 1. The van der Waals surface area contributed by atoms with Crippen molar-refractivity contribution in [2.75, 3.05) is 13.2 Å². The largest absolute Gasteiger partial charge is 0.480 e. The summed E-state index contributed by atoms with van der Waals surface area (Å²) in [6.45, 7) is 4.26. The Balaban J connectivity index is 1.43. The second-order valence-corrected chi connectivity index (χ2v) is 8.22. The molecule has 0 saturated heterocycles. The third-order valence-electron chi connectivity index (χ3n) is 5.84. The van der Waals surface area contributed by atoms with Crippen molar-refractivity contribution in [3.63, 3.8) is 0 Å². The summed E-state index contributed by atoms with van der Waals surface area (Å²) in [5, 5.41) is 14.3. The highest BCUT2D eigenvalue weighted by Crippen LogP contribution is 2.44. The van der Waals surface area contributed by atoms with E-state index in [0.717, 1.165) is 11.1 Å². The van der Waals surface area contributed by atoms with Crippen LogP contribution in [0.5, 0.6) is 0 Å². The topological polar surface area (TPSA) is 105 Å². The van der Waals surface area contributed by atoms with Gasteiger partial charge in [-0.05, 0) is 41.0 Å². The highest BCUT2D eigenvalue weighted by molar-refractivity contribution is 5.83. The minimum Gasteiger partial charge on any atom is -0.480 e. The third-order valence-corrected chi connectivity index (χ3v) is 5.84. The molecule has 2 aromatic rings. The molecule has 1 unspecified atom stereocenters. The smallest absolute Gasteiger partial charge is 0.407 e. The molecule has 2 amide bonds. The Morgan fingerprint density at radius 1 is 1.03 bits per heavy atom. The first kappa shape index (κ1) is 23.3. The quantitative estimate of drug-likeness (QED) is 0.521. The van der Waals surface area contributed by atoms with E-state index >= 15 is 0 Å². The van der Waals surface area contributed by atoms with Crippen molar-refractivity contribution < 1.29 is 24.2 Å². The number of carboxylic acid groups (broad SMARTS) is 1. The molecule has 32 heavy (non-hydrogen) atoms. The lowest BCUT2D eigenvalue weighted by Crippen LogP contribution is -2.40. The summed E-state index contributed by atoms with van der Waals surface area (Å²) >= 11 is 0. The molecule has 3 N–H and O–H groups in total. The monoisotopic (exact) mass is 438 g/mol. The van der Waals surface area contributed by atoms with Gasteiger partial charge in [0, 0.05) is 18.9 Å². The maximum Gasteiger partial charge on any atom is 0.407 e. The maximum absolute atomic E-state index is 12.2. The van der Waals surface area contributed by atoms with Gasteiger partial charge in [0.15, 0.2) is 0 Å². The number of carboxylic acids is 1. The van der Waals surface area contributed by atoms with E-state index in [1.165, 1.54) is 11.1 Å². The summed E-state index contributed by atoms with van der Waals surface area (Å²) in [5.41, 5.74) is 4.68. The Bertz CT molecular complexity index is 929. The Morgan fingerprint density at radius 2 is 1.62 bits per heavy atom. The van der Waals surface area contributed by atoms with Crippen LogP contribution in [0.4, 0.5) is 4.79 Å². The molecule has 3 rings (SSSR count). The van der Waals surface area contributed by atoms with E-state index in [9.17, 15) is 14.4 Å². The van der Waals surface area contributed by atoms with Crippen LogP contribution < -0.4 is 10.6 Å². The first-order chi connectivity index (χ1) is 15.4. The highest BCUT2D eigenvalue weighted by atomic mass is 16.5. The first-order valence-corrected chi connectivity index (χ1v) is 11.0.